The number of fused-ring (bicyclic) bond motifs is 2. The van der Waals surface area contributed by atoms with Crippen LogP contribution in [-0.4, -0.2) is 28.1 Å². The van der Waals surface area contributed by atoms with Gasteiger partial charge in [-0.05, 0) is 48.1 Å². The van der Waals surface area contributed by atoms with Crippen molar-refractivity contribution in [2.45, 2.75) is 25.2 Å². The largest absolute Gasteiger partial charge is 0.351 e. The van der Waals surface area contributed by atoms with Crippen LogP contribution in [0.2, 0.25) is 0 Å². The first-order chi connectivity index (χ1) is 13.6. The summed E-state index contributed by atoms with van der Waals surface area (Å²) in [5.74, 6) is 0.373. The molecule has 138 valence electrons. The number of likely N-dealkylation sites (tertiary alicyclic amines) is 1. The summed E-state index contributed by atoms with van der Waals surface area (Å²) < 4.78 is 0. The molecule has 6 rings (SSSR count). The zero-order valence-corrected chi connectivity index (χ0v) is 15.7. The summed E-state index contributed by atoms with van der Waals surface area (Å²) in [6.45, 7) is 2.81. The van der Waals surface area contributed by atoms with Gasteiger partial charge in [-0.15, -0.1) is 0 Å². The molecule has 4 nitrogen and oxygen atoms in total. The number of allylic oxidation sites excluding steroid dienone is 2. The first kappa shape index (κ1) is 15.9. The Morgan fingerprint density at radius 1 is 1.21 bits per heavy atom. The summed E-state index contributed by atoms with van der Waals surface area (Å²) in [6, 6.07) is 16.1. The molecule has 1 amide bonds. The van der Waals surface area contributed by atoms with Crippen molar-refractivity contribution >= 4 is 22.6 Å². The maximum absolute atomic E-state index is 13.3. The minimum absolute atomic E-state index is 0.00538. The van der Waals surface area contributed by atoms with Crippen molar-refractivity contribution in [3.05, 3.63) is 82.7 Å². The van der Waals surface area contributed by atoms with Crippen molar-refractivity contribution in [2.75, 3.05) is 6.54 Å². The molecule has 0 bridgehead atoms. The van der Waals surface area contributed by atoms with E-state index >= 15 is 0 Å². The minimum atomic E-state index is -0.137. The van der Waals surface area contributed by atoms with Crippen molar-refractivity contribution < 1.29 is 9.59 Å². The first-order valence-corrected chi connectivity index (χ1v) is 9.91. The summed E-state index contributed by atoms with van der Waals surface area (Å²) in [7, 11) is 0. The molecule has 4 heteroatoms. The summed E-state index contributed by atoms with van der Waals surface area (Å²) >= 11 is 0. The molecule has 0 radical (unpaired) electrons. The van der Waals surface area contributed by atoms with Gasteiger partial charge in [-0.1, -0.05) is 37.3 Å². The maximum atomic E-state index is 13.3. The van der Waals surface area contributed by atoms with E-state index in [1.165, 1.54) is 5.56 Å². The second-order valence-electron chi connectivity index (χ2n) is 8.19. The van der Waals surface area contributed by atoms with E-state index in [0.29, 0.717) is 18.2 Å². The number of H-pyrrole nitrogens is 1. The van der Waals surface area contributed by atoms with Gasteiger partial charge in [-0.25, -0.2) is 0 Å². The highest BCUT2D eigenvalue weighted by atomic mass is 16.2. The molecule has 1 aliphatic heterocycles. The number of hydrogen-bond donors (Lipinski definition) is 1. The van der Waals surface area contributed by atoms with Crippen molar-refractivity contribution in [1.29, 1.82) is 0 Å². The Hall–Kier alpha value is -3.14. The second kappa shape index (κ2) is 5.22. The number of nitrogens with zero attached hydrogens (tertiary/aromatic N) is 1. The summed E-state index contributed by atoms with van der Waals surface area (Å²) in [5.41, 5.74) is 5.46. The fraction of sp³-hybridized carbons (Fsp3) is 0.250. The van der Waals surface area contributed by atoms with E-state index in [2.05, 4.69) is 30.1 Å². The van der Waals surface area contributed by atoms with Crippen molar-refractivity contribution in [3.8, 4) is 0 Å². The number of aromatic nitrogens is 1. The molecule has 28 heavy (non-hydrogen) atoms. The SMILES string of the molecule is CCc1ccc2[nH]c(C(=O)N3CC4CC45C3=CC(=O)c3ccccc35)cc2c1. The highest BCUT2D eigenvalue weighted by molar-refractivity contribution is 6.10. The molecule has 1 saturated heterocycles. The smallest absolute Gasteiger partial charge is 0.274 e. The maximum Gasteiger partial charge on any atom is 0.274 e. The number of rotatable bonds is 2. The number of aryl methyl sites for hydroxylation is 1. The lowest BCUT2D eigenvalue weighted by Gasteiger charge is -2.29. The Bertz CT molecular complexity index is 1220. The van der Waals surface area contributed by atoms with Gasteiger partial charge < -0.3 is 9.88 Å². The van der Waals surface area contributed by atoms with Gasteiger partial charge in [-0.3, -0.25) is 9.59 Å². The van der Waals surface area contributed by atoms with Gasteiger partial charge in [0.2, 0.25) is 0 Å². The predicted octanol–water partition coefficient (Wildman–Crippen LogP) is 4.22. The normalized spacial score (nSPS) is 24.6. The molecule has 1 N–H and O–H groups in total. The zero-order valence-electron chi connectivity index (χ0n) is 15.7. The standard InChI is InChI=1S/C24H20N2O2/c1-2-14-7-8-19-15(9-14)10-20(25-19)23(28)26-13-16-12-24(16)18-6-4-3-5-17(18)21(27)11-22(24)26/h3-11,16,25H,2,12-13H2,1H3. The van der Waals surface area contributed by atoms with Gasteiger partial charge in [0.1, 0.15) is 5.69 Å². The Labute approximate surface area is 162 Å². The fourth-order valence-electron chi connectivity index (χ4n) is 5.24. The molecular weight excluding hydrogens is 348 g/mol. The van der Waals surface area contributed by atoms with E-state index in [4.69, 9.17) is 0 Å². The van der Waals surface area contributed by atoms with Gasteiger partial charge in [0, 0.05) is 40.2 Å². The Morgan fingerprint density at radius 3 is 2.93 bits per heavy atom. The van der Waals surface area contributed by atoms with Crippen LogP contribution in [0.1, 0.15) is 45.3 Å². The number of hydrogen-bond acceptors (Lipinski definition) is 2. The average Bonchev–Trinajstić information content (AvgIpc) is 3.12. The lowest BCUT2D eigenvalue weighted by molar-refractivity contribution is 0.0806. The van der Waals surface area contributed by atoms with Gasteiger partial charge in [0.25, 0.3) is 5.91 Å². The molecular formula is C24H20N2O2. The Balaban J connectivity index is 1.41. The number of carbonyl (C=O) groups excluding carboxylic acids is 2. The lowest BCUT2D eigenvalue weighted by atomic mass is 9.81. The number of benzene rings is 2. The monoisotopic (exact) mass is 368 g/mol. The van der Waals surface area contributed by atoms with Crippen molar-refractivity contribution in [3.63, 3.8) is 0 Å². The molecule has 2 unspecified atom stereocenters. The van der Waals surface area contributed by atoms with E-state index in [-0.39, 0.29) is 17.1 Å². The number of nitrogens with one attached hydrogen (secondary N) is 1. The summed E-state index contributed by atoms with van der Waals surface area (Å²) in [6.07, 6.45) is 3.69. The van der Waals surface area contributed by atoms with Gasteiger partial charge >= 0.3 is 0 Å². The molecule has 3 aliphatic rings. The van der Waals surface area contributed by atoms with E-state index in [9.17, 15) is 9.59 Å². The van der Waals surface area contributed by atoms with Crippen LogP contribution in [0.4, 0.5) is 0 Å². The predicted molar refractivity (Wildman–Crippen MR) is 107 cm³/mol. The van der Waals surface area contributed by atoms with Crippen molar-refractivity contribution in [2.24, 2.45) is 5.92 Å². The third-order valence-electron chi connectivity index (χ3n) is 6.77. The lowest BCUT2D eigenvalue weighted by Crippen LogP contribution is -2.33. The first-order valence-electron chi connectivity index (χ1n) is 9.91. The van der Waals surface area contributed by atoms with Crippen LogP contribution < -0.4 is 0 Å². The Kier molecular flexibility index (Phi) is 2.96. The quantitative estimate of drug-likeness (QED) is 0.736. The van der Waals surface area contributed by atoms with Crippen LogP contribution in [-0.2, 0) is 11.8 Å². The minimum Gasteiger partial charge on any atom is -0.351 e. The highest BCUT2D eigenvalue weighted by Gasteiger charge is 2.67. The molecule has 3 aromatic rings. The fourth-order valence-corrected chi connectivity index (χ4v) is 5.24. The average molecular weight is 368 g/mol. The third-order valence-corrected chi connectivity index (χ3v) is 6.77. The van der Waals surface area contributed by atoms with Gasteiger partial charge in [0.05, 0.1) is 0 Å². The number of ketones is 1. The van der Waals surface area contributed by atoms with E-state index in [0.717, 1.165) is 40.6 Å². The molecule has 1 saturated carbocycles. The van der Waals surface area contributed by atoms with Crippen LogP contribution in [0.3, 0.4) is 0 Å². The van der Waals surface area contributed by atoms with Crippen LogP contribution in [0, 0.1) is 5.92 Å². The second-order valence-corrected chi connectivity index (χ2v) is 8.19. The molecule has 2 atom stereocenters. The highest BCUT2D eigenvalue weighted by Crippen LogP contribution is 2.66. The van der Waals surface area contributed by atoms with Crippen LogP contribution in [0.15, 0.2) is 60.3 Å². The van der Waals surface area contributed by atoms with E-state index in [1.54, 1.807) is 6.08 Å². The topological polar surface area (TPSA) is 53.2 Å². The number of amides is 1. The molecule has 2 heterocycles. The number of carbonyl (C=O) groups is 2. The summed E-state index contributed by atoms with van der Waals surface area (Å²) in [4.78, 5) is 31.1. The van der Waals surface area contributed by atoms with E-state index < -0.39 is 0 Å². The third kappa shape index (κ3) is 1.90. The van der Waals surface area contributed by atoms with Gasteiger partial charge in [-0.2, -0.15) is 0 Å². The van der Waals surface area contributed by atoms with Crippen LogP contribution in [0.25, 0.3) is 10.9 Å². The number of aromatic amines is 1. The van der Waals surface area contributed by atoms with Gasteiger partial charge in [0.15, 0.2) is 5.78 Å². The van der Waals surface area contributed by atoms with E-state index in [1.807, 2.05) is 35.2 Å². The molecule has 2 aliphatic carbocycles. The van der Waals surface area contributed by atoms with Crippen LogP contribution in [0.5, 0.6) is 0 Å². The Morgan fingerprint density at radius 2 is 2.07 bits per heavy atom. The molecule has 2 aromatic carbocycles. The molecule has 1 spiro atoms. The van der Waals surface area contributed by atoms with Crippen molar-refractivity contribution in [1.82, 2.24) is 9.88 Å². The summed E-state index contributed by atoms with van der Waals surface area (Å²) in [5, 5.41) is 1.06. The molecule has 2 fully saturated rings. The number of piperidine rings is 1. The molecule has 1 aromatic heterocycles. The van der Waals surface area contributed by atoms with Crippen LogP contribution >= 0.6 is 0 Å². The zero-order chi connectivity index (χ0) is 19.0.